The van der Waals surface area contributed by atoms with E-state index in [4.69, 9.17) is 10.2 Å². The van der Waals surface area contributed by atoms with E-state index in [-0.39, 0.29) is 41.9 Å². The second-order valence-electron chi connectivity index (χ2n) is 10.3. The molecule has 0 aliphatic rings. The highest BCUT2D eigenvalue weighted by molar-refractivity contribution is 7.89. The number of benzene rings is 2. The van der Waals surface area contributed by atoms with Crippen LogP contribution < -0.4 is 11.1 Å². The van der Waals surface area contributed by atoms with Crippen molar-refractivity contribution >= 4 is 49.3 Å². The molecule has 11 nitrogen and oxygen atoms in total. The van der Waals surface area contributed by atoms with Crippen LogP contribution in [0.4, 0.5) is 6.01 Å². The van der Waals surface area contributed by atoms with E-state index in [1.54, 1.807) is 17.5 Å². The van der Waals surface area contributed by atoms with E-state index in [0.29, 0.717) is 21.9 Å². The summed E-state index contributed by atoms with van der Waals surface area (Å²) in [5.41, 5.74) is 8.15. The lowest BCUT2D eigenvalue weighted by Gasteiger charge is -2.30. The van der Waals surface area contributed by atoms with E-state index in [2.05, 4.69) is 15.3 Å². The van der Waals surface area contributed by atoms with Gasteiger partial charge in [-0.1, -0.05) is 44.2 Å². The van der Waals surface area contributed by atoms with Crippen LogP contribution in [0.3, 0.4) is 0 Å². The zero-order valence-electron chi connectivity index (χ0n) is 22.9. The van der Waals surface area contributed by atoms with Gasteiger partial charge < -0.3 is 20.6 Å². The number of nitrogens with two attached hydrogens (primary N) is 1. The van der Waals surface area contributed by atoms with Gasteiger partial charge in [-0.2, -0.15) is 9.29 Å². The number of amides is 1. The maximum atomic E-state index is 13.8. The molecular formula is C28H32N6O5S2. The first-order chi connectivity index (χ1) is 19.5. The largest absolute Gasteiger partial charge is 0.424 e. The van der Waals surface area contributed by atoms with E-state index in [0.717, 1.165) is 5.56 Å². The second-order valence-corrected chi connectivity index (χ2v) is 13.1. The summed E-state index contributed by atoms with van der Waals surface area (Å²) in [7, 11) is -4.06. The van der Waals surface area contributed by atoms with Gasteiger partial charge in [0, 0.05) is 30.7 Å². The SMILES string of the molecule is Cc1nc2sccn2c1C(=O)NC(Cc1ccccc1)C(O)CN(CC(C)C)S(=O)(=O)c1ccc2nc(N)oc2c1. The number of aromatic nitrogens is 3. The lowest BCUT2D eigenvalue weighted by atomic mass is 10.0. The van der Waals surface area contributed by atoms with E-state index < -0.39 is 28.1 Å². The molecule has 2 unspecified atom stereocenters. The quantitative estimate of drug-likeness (QED) is 0.209. The average Bonchev–Trinajstić information content (AvgIpc) is 3.60. The Morgan fingerprint density at radius 3 is 2.66 bits per heavy atom. The maximum absolute atomic E-state index is 13.8. The molecule has 13 heteroatoms. The zero-order valence-corrected chi connectivity index (χ0v) is 24.5. The van der Waals surface area contributed by atoms with Gasteiger partial charge in [0.2, 0.25) is 10.0 Å². The Bertz CT molecular complexity index is 1780. The van der Waals surface area contributed by atoms with Gasteiger partial charge in [-0.05, 0) is 37.0 Å². The van der Waals surface area contributed by atoms with Crippen molar-refractivity contribution in [1.29, 1.82) is 0 Å². The lowest BCUT2D eigenvalue weighted by Crippen LogP contribution is -2.51. The number of imidazole rings is 1. The molecule has 0 saturated carbocycles. The van der Waals surface area contributed by atoms with Gasteiger partial charge in [0.1, 0.15) is 11.2 Å². The fraction of sp³-hybridized carbons (Fsp3) is 0.321. The van der Waals surface area contributed by atoms with Gasteiger partial charge in [-0.25, -0.2) is 13.4 Å². The first-order valence-electron chi connectivity index (χ1n) is 13.1. The minimum absolute atomic E-state index is 0.00706. The third-order valence-electron chi connectivity index (χ3n) is 6.70. The summed E-state index contributed by atoms with van der Waals surface area (Å²) in [6, 6.07) is 12.9. The van der Waals surface area contributed by atoms with Crippen LogP contribution in [0.1, 0.15) is 35.6 Å². The Morgan fingerprint density at radius 1 is 1.17 bits per heavy atom. The second kappa shape index (κ2) is 11.6. The molecule has 0 aliphatic heterocycles. The van der Waals surface area contributed by atoms with Crippen molar-refractivity contribution in [1.82, 2.24) is 24.0 Å². The Hall–Kier alpha value is -3.78. The highest BCUT2D eigenvalue weighted by Crippen LogP contribution is 2.25. The van der Waals surface area contributed by atoms with Crippen molar-refractivity contribution in [2.24, 2.45) is 5.92 Å². The van der Waals surface area contributed by atoms with Gasteiger partial charge in [0.25, 0.3) is 11.9 Å². The van der Waals surface area contributed by atoms with Crippen molar-refractivity contribution in [2.75, 3.05) is 18.8 Å². The van der Waals surface area contributed by atoms with E-state index in [9.17, 15) is 18.3 Å². The summed E-state index contributed by atoms with van der Waals surface area (Å²) in [4.78, 5) is 22.7. The molecule has 5 rings (SSSR count). The summed E-state index contributed by atoms with van der Waals surface area (Å²) in [5, 5.41) is 16.3. The number of carbonyl (C=O) groups excluding carboxylic acids is 1. The van der Waals surface area contributed by atoms with Crippen molar-refractivity contribution in [3.8, 4) is 0 Å². The fourth-order valence-electron chi connectivity index (χ4n) is 4.80. The van der Waals surface area contributed by atoms with E-state index in [1.165, 1.54) is 33.8 Å². The highest BCUT2D eigenvalue weighted by Gasteiger charge is 2.32. The minimum atomic E-state index is -4.06. The smallest absolute Gasteiger partial charge is 0.292 e. The number of anilines is 1. The molecule has 0 radical (unpaired) electrons. The van der Waals surface area contributed by atoms with Crippen LogP contribution in [0.2, 0.25) is 0 Å². The summed E-state index contributed by atoms with van der Waals surface area (Å²) in [5.74, 6) is -0.440. The molecule has 2 atom stereocenters. The Labute approximate surface area is 241 Å². The van der Waals surface area contributed by atoms with Gasteiger partial charge in [-0.3, -0.25) is 9.20 Å². The third-order valence-corrected chi connectivity index (χ3v) is 9.29. The minimum Gasteiger partial charge on any atom is -0.424 e. The van der Waals surface area contributed by atoms with E-state index >= 15 is 0 Å². The topological polar surface area (TPSA) is 156 Å². The number of carbonyl (C=O) groups is 1. The molecule has 5 aromatic rings. The number of aryl methyl sites for hydroxylation is 1. The molecule has 41 heavy (non-hydrogen) atoms. The molecule has 0 fully saturated rings. The van der Waals surface area contributed by atoms with Crippen molar-refractivity contribution in [3.63, 3.8) is 0 Å². The van der Waals surface area contributed by atoms with Crippen molar-refractivity contribution in [2.45, 2.75) is 44.2 Å². The predicted molar refractivity (Wildman–Crippen MR) is 157 cm³/mol. The molecule has 3 aromatic heterocycles. The first-order valence-corrected chi connectivity index (χ1v) is 15.5. The number of nitrogens with zero attached hydrogens (tertiary/aromatic N) is 4. The van der Waals surface area contributed by atoms with Crippen LogP contribution >= 0.6 is 11.3 Å². The number of thiazole rings is 1. The van der Waals surface area contributed by atoms with Gasteiger partial charge in [-0.15, -0.1) is 11.3 Å². The van der Waals surface area contributed by atoms with Crippen LogP contribution in [0.5, 0.6) is 0 Å². The van der Waals surface area contributed by atoms with Gasteiger partial charge in [0.05, 0.1) is 22.7 Å². The van der Waals surface area contributed by atoms with Crippen LogP contribution in [0.15, 0.2) is 69.4 Å². The number of oxazole rings is 1. The molecule has 0 bridgehead atoms. The van der Waals surface area contributed by atoms with Crippen LogP contribution in [-0.2, 0) is 16.4 Å². The van der Waals surface area contributed by atoms with Crippen molar-refractivity contribution in [3.05, 3.63) is 77.1 Å². The van der Waals surface area contributed by atoms with Crippen LogP contribution in [-0.4, -0.2) is 63.3 Å². The molecule has 3 heterocycles. The molecule has 0 aliphatic carbocycles. The summed E-state index contributed by atoms with van der Waals surface area (Å²) >= 11 is 1.42. The molecular weight excluding hydrogens is 564 g/mol. The average molecular weight is 597 g/mol. The number of nitrogen functional groups attached to an aromatic ring is 1. The zero-order chi connectivity index (χ0) is 29.3. The molecule has 2 aromatic carbocycles. The third kappa shape index (κ3) is 6.12. The Kier molecular flexibility index (Phi) is 8.13. The van der Waals surface area contributed by atoms with Crippen LogP contribution in [0.25, 0.3) is 16.1 Å². The van der Waals surface area contributed by atoms with Gasteiger partial charge in [0.15, 0.2) is 10.5 Å². The fourth-order valence-corrected chi connectivity index (χ4v) is 7.20. The number of fused-ring (bicyclic) bond motifs is 2. The molecule has 1 amide bonds. The summed E-state index contributed by atoms with van der Waals surface area (Å²) < 4.78 is 36.0. The first kappa shape index (κ1) is 28.7. The number of sulfonamides is 1. The normalized spacial score (nSPS) is 13.8. The number of nitrogens with one attached hydrogen (secondary N) is 1. The Morgan fingerprint density at radius 2 is 1.93 bits per heavy atom. The number of aliphatic hydroxyl groups is 1. The molecule has 216 valence electrons. The summed E-state index contributed by atoms with van der Waals surface area (Å²) in [6.07, 6.45) is 0.827. The molecule has 0 saturated heterocycles. The molecule has 0 spiro atoms. The number of hydrogen-bond donors (Lipinski definition) is 3. The number of hydrogen-bond acceptors (Lipinski definition) is 9. The standard InChI is InChI=1S/C28H32N6O5S2/c1-17(2)15-33(41(37,38)20-9-10-21-24(14-20)39-27(29)32-21)16-23(35)22(13-19-7-5-4-6-8-19)31-26(36)25-18(3)30-28-34(25)11-12-40-28/h4-12,14,17,22-23,35H,13,15-16H2,1-3H3,(H2,29,32)(H,31,36). The number of aliphatic hydroxyl groups excluding tert-OH is 1. The summed E-state index contributed by atoms with van der Waals surface area (Å²) in [6.45, 7) is 5.46. The molecule has 4 N–H and O–H groups in total. The van der Waals surface area contributed by atoms with E-state index in [1.807, 2.05) is 49.6 Å². The highest BCUT2D eigenvalue weighted by atomic mass is 32.2. The monoisotopic (exact) mass is 596 g/mol. The number of rotatable bonds is 11. The van der Waals surface area contributed by atoms with Gasteiger partial charge >= 0.3 is 0 Å². The Balaban J connectivity index is 1.44. The van der Waals surface area contributed by atoms with Crippen molar-refractivity contribution < 1.29 is 22.7 Å². The predicted octanol–water partition coefficient (Wildman–Crippen LogP) is 3.48. The van der Waals surface area contributed by atoms with Crippen LogP contribution in [0, 0.1) is 12.8 Å². The maximum Gasteiger partial charge on any atom is 0.292 e. The lowest BCUT2D eigenvalue weighted by molar-refractivity contribution is 0.0770.